The van der Waals surface area contributed by atoms with Gasteiger partial charge in [0.2, 0.25) is 0 Å². The molecule has 77 heavy (non-hydrogen) atoms. The number of unbranched alkanes of at least 4 members (excludes halogenated alkanes) is 8. The van der Waals surface area contributed by atoms with Crippen LogP contribution >= 0.6 is 0 Å². The van der Waals surface area contributed by atoms with E-state index < -0.39 is 0 Å². The molecule has 8 bridgehead atoms. The second-order valence-corrected chi connectivity index (χ2v) is 19.0. The molecule has 2 aliphatic rings. The summed E-state index contributed by atoms with van der Waals surface area (Å²) < 4.78 is 29.5. The fourth-order valence-electron chi connectivity index (χ4n) is 9.46. The van der Waals surface area contributed by atoms with Crippen molar-refractivity contribution in [1.29, 1.82) is 0 Å². The summed E-state index contributed by atoms with van der Waals surface area (Å²) in [5, 5.41) is 0. The Hall–Kier alpha value is -7.59. The van der Waals surface area contributed by atoms with Crippen LogP contribution in [0.15, 0.2) is 177 Å². The molecule has 0 spiro atoms. The summed E-state index contributed by atoms with van der Waals surface area (Å²) in [4.78, 5) is 14.4. The van der Waals surface area contributed by atoms with Crippen molar-refractivity contribution < 1.29 is 18.9 Å². The molecule has 0 radical (unpaired) electrons. The molecule has 0 amide bonds. The Balaban J connectivity index is 0.00000784. The molecule has 0 fully saturated rings. The maximum Gasteiger partial charge on any atom is 0.316 e. The summed E-state index contributed by atoms with van der Waals surface area (Å²) >= 11 is 0. The van der Waals surface area contributed by atoms with Crippen LogP contribution in [0.5, 0.6) is 23.0 Å². The van der Waals surface area contributed by atoms with Crippen LogP contribution in [0.3, 0.4) is 0 Å². The molecule has 5 heterocycles. The predicted molar refractivity (Wildman–Crippen MR) is 326 cm³/mol. The minimum Gasteiger partial charge on any atom is -0.465 e. The van der Waals surface area contributed by atoms with Gasteiger partial charge in [0.25, 0.3) is 0 Å². The van der Waals surface area contributed by atoms with Crippen LogP contribution < -0.4 is 18.9 Å². The lowest BCUT2D eigenvalue weighted by Crippen LogP contribution is -2.01. The highest BCUT2D eigenvalue weighted by molar-refractivity contribution is 6.13. The number of H-pyrrole nitrogens is 1. The molecule has 9 rings (SSSR count). The van der Waals surface area contributed by atoms with Gasteiger partial charge in [-0.15, -0.1) is 0 Å². The fourth-order valence-corrected chi connectivity index (χ4v) is 9.46. The molecule has 9 heteroatoms. The van der Waals surface area contributed by atoms with Gasteiger partial charge >= 0.3 is 23.1 Å². The molecular formula is C68H72MgN4O4. The van der Waals surface area contributed by atoms with Crippen molar-refractivity contribution in [3.63, 3.8) is 0 Å². The molecule has 0 saturated carbocycles. The molecule has 0 aliphatic carbocycles. The van der Waals surface area contributed by atoms with E-state index in [1.165, 1.54) is 0 Å². The van der Waals surface area contributed by atoms with Gasteiger partial charge in [-0.05, 0) is 161 Å². The number of rotatable bonds is 24. The van der Waals surface area contributed by atoms with Crippen molar-refractivity contribution in [3.8, 4) is 62.1 Å². The fraction of sp³-hybridized carbons (Fsp3) is 0.235. The molecule has 7 aromatic rings. The summed E-state index contributed by atoms with van der Waals surface area (Å²) in [6.07, 6.45) is 36.4. The maximum atomic E-state index is 6.81. The number of benzene rings is 4. The second kappa shape index (κ2) is 28.5. The third kappa shape index (κ3) is 13.9. The zero-order valence-corrected chi connectivity index (χ0v) is 44.5. The number of allylic oxidation sites excluding steroid dienone is 4. The Morgan fingerprint density at radius 1 is 0.429 bits per heavy atom. The third-order valence-corrected chi connectivity index (χ3v) is 13.3. The lowest BCUT2D eigenvalue weighted by atomic mass is 9.92. The second-order valence-electron chi connectivity index (χ2n) is 19.0. The summed E-state index contributed by atoms with van der Waals surface area (Å²) in [5.74, 6) is 2.73. The molecule has 0 unspecified atom stereocenters. The normalized spacial score (nSPS) is 12.1. The van der Waals surface area contributed by atoms with Crippen LogP contribution in [0.1, 0.15) is 128 Å². The largest absolute Gasteiger partial charge is 0.465 e. The van der Waals surface area contributed by atoms with E-state index >= 15 is 0 Å². The number of hydrogen-bond donors (Lipinski definition) is 1. The molecule has 2 aliphatic heterocycles. The number of aromatic amines is 1. The van der Waals surface area contributed by atoms with Gasteiger partial charge in [-0.3, -0.25) is 0 Å². The number of para-hydroxylation sites is 5. The molecule has 0 atom stereocenters. The van der Waals surface area contributed by atoms with Gasteiger partial charge in [-0.25, -0.2) is 9.97 Å². The Kier molecular flexibility index (Phi) is 20.6. The van der Waals surface area contributed by atoms with Crippen molar-refractivity contribution in [3.05, 3.63) is 200 Å². The Morgan fingerprint density at radius 3 is 1.34 bits per heavy atom. The van der Waals surface area contributed by atoms with Gasteiger partial charge in [0.1, 0.15) is 23.0 Å². The van der Waals surface area contributed by atoms with E-state index in [2.05, 4.69) is 171 Å². The average Bonchev–Trinajstić information content (AvgIpc) is 4.28. The van der Waals surface area contributed by atoms with Gasteiger partial charge in [0, 0.05) is 44.4 Å². The van der Waals surface area contributed by atoms with E-state index in [1.54, 1.807) is 0 Å². The summed E-state index contributed by atoms with van der Waals surface area (Å²) in [6, 6.07) is 43.7. The number of ether oxygens (including phenoxy) is 4. The van der Waals surface area contributed by atoms with Crippen LogP contribution in [0.2, 0.25) is 0 Å². The zero-order valence-electron chi connectivity index (χ0n) is 44.5. The van der Waals surface area contributed by atoms with E-state index in [0.717, 1.165) is 161 Å². The van der Waals surface area contributed by atoms with Gasteiger partial charge in [0.05, 0.1) is 64.5 Å². The highest BCUT2D eigenvalue weighted by atomic mass is 24.3. The summed E-state index contributed by atoms with van der Waals surface area (Å²) in [5.41, 5.74) is 12.6. The lowest BCUT2D eigenvalue weighted by Gasteiger charge is -2.17. The van der Waals surface area contributed by atoms with E-state index in [-0.39, 0.29) is 23.1 Å². The average molecular weight is 1030 g/mol. The van der Waals surface area contributed by atoms with E-state index in [0.29, 0.717) is 23.0 Å². The quantitative estimate of drug-likeness (QED) is 0.0369. The van der Waals surface area contributed by atoms with E-state index in [9.17, 15) is 0 Å². The molecule has 1 N–H and O–H groups in total. The van der Waals surface area contributed by atoms with Crippen molar-refractivity contribution in [1.82, 2.24) is 19.5 Å². The Morgan fingerprint density at radius 2 is 0.831 bits per heavy atom. The first kappa shape index (κ1) is 55.6. The first-order valence-electron chi connectivity index (χ1n) is 27.4. The Bertz CT molecular complexity index is 3460. The number of nitrogens with zero attached hydrogens (tertiary/aromatic N) is 3. The van der Waals surface area contributed by atoms with Crippen molar-refractivity contribution in [2.24, 2.45) is 0 Å². The minimum atomic E-state index is 0. The predicted octanol–water partition coefficient (Wildman–Crippen LogP) is 18.5. The van der Waals surface area contributed by atoms with Crippen molar-refractivity contribution in [2.75, 3.05) is 0 Å². The third-order valence-electron chi connectivity index (χ3n) is 13.3. The maximum absolute atomic E-state index is 6.81. The molecule has 3 aromatic heterocycles. The van der Waals surface area contributed by atoms with Crippen LogP contribution in [0.4, 0.5) is 0 Å². The summed E-state index contributed by atoms with van der Waals surface area (Å²) in [7, 11) is 0. The van der Waals surface area contributed by atoms with E-state index in [4.69, 9.17) is 28.9 Å². The first-order valence-corrected chi connectivity index (χ1v) is 27.4. The van der Waals surface area contributed by atoms with Gasteiger partial charge in [-0.2, -0.15) is 0 Å². The van der Waals surface area contributed by atoms with Crippen LogP contribution in [-0.2, 0) is 0 Å². The van der Waals surface area contributed by atoms with Gasteiger partial charge in [0.15, 0.2) is 0 Å². The van der Waals surface area contributed by atoms with Gasteiger partial charge < -0.3 is 28.5 Å². The van der Waals surface area contributed by atoms with Crippen LogP contribution in [0.25, 0.3) is 85.4 Å². The van der Waals surface area contributed by atoms with E-state index in [1.807, 2.05) is 67.5 Å². The highest BCUT2D eigenvalue weighted by Crippen LogP contribution is 2.52. The topological polar surface area (TPSA) is 83.4 Å². The van der Waals surface area contributed by atoms with Crippen molar-refractivity contribution >= 4 is 69.4 Å². The molecule has 0 saturated heterocycles. The smallest absolute Gasteiger partial charge is 0.316 e. The Labute approximate surface area is 471 Å². The lowest BCUT2D eigenvalue weighted by molar-refractivity contribution is 0.476. The molecule has 4 aromatic carbocycles. The first-order chi connectivity index (χ1) is 37.6. The SMILES string of the molecule is CCCCC=COc1ccccc1-c1c(-c2ccccc2OC=CCCCC)c2c(-c3ccccc3OC=CCCCC)c3nc(cc4ccc(cc5nc(cc1n2-c1ccccc1OC=CCCCC)C=C5)[nH]4)C=C3.[MgH2]. The monoisotopic (exact) mass is 1030 g/mol. The molecular weight excluding hydrogens is 961 g/mol. The summed E-state index contributed by atoms with van der Waals surface area (Å²) in [6.45, 7) is 8.82. The number of hydrogen-bond acceptors (Lipinski definition) is 6. The molecule has 390 valence electrons. The highest BCUT2D eigenvalue weighted by Gasteiger charge is 2.30. The van der Waals surface area contributed by atoms with Crippen molar-refractivity contribution in [2.45, 2.75) is 105 Å². The zero-order chi connectivity index (χ0) is 52.3. The van der Waals surface area contributed by atoms with Crippen LogP contribution in [0, 0.1) is 0 Å². The van der Waals surface area contributed by atoms with Crippen LogP contribution in [-0.4, -0.2) is 42.6 Å². The minimum absolute atomic E-state index is 0. The van der Waals surface area contributed by atoms with Gasteiger partial charge in [-0.1, -0.05) is 120 Å². The number of nitrogens with one attached hydrogen (secondary N) is 1. The number of fused-ring (bicyclic) bond motifs is 8. The standard InChI is InChI=1S/C68H70N4O4.Mg.2H/c1-5-9-13-25-43-73-61-33-21-17-29-55(61)65-58-42-41-53(71-58)48-52-38-37-50(69-52)47-51-39-40-54(70-51)49-60-66(56-30-18-22-34-62(56)74-44-26-14-10-6-2)67(57-31-19-23-35-63(57)75-45-27-15-11-7-3)68(65)72(60)59-32-20-24-36-64(59)76-46-28-16-12-8-4;;;/h17-49,69H,5-16H2,1-4H3;;;. The molecule has 8 nitrogen and oxygen atoms in total. The number of aromatic nitrogens is 4.